The van der Waals surface area contributed by atoms with Crippen molar-refractivity contribution in [2.75, 3.05) is 13.1 Å². The first-order chi connectivity index (χ1) is 14.0. The van der Waals surface area contributed by atoms with Crippen molar-refractivity contribution < 1.29 is 18.4 Å². The van der Waals surface area contributed by atoms with Gasteiger partial charge in [-0.05, 0) is 41.7 Å². The topological polar surface area (TPSA) is 61.4 Å². The fraction of sp³-hybridized carbons (Fsp3) is 0.364. The van der Waals surface area contributed by atoms with Crippen LogP contribution in [0.4, 0.5) is 8.78 Å². The maximum absolute atomic E-state index is 13.8. The van der Waals surface area contributed by atoms with Gasteiger partial charge in [-0.25, -0.2) is 8.78 Å². The SMILES string of the molecule is O=C(NCc1ccc2c(c1)CNC2)C1CCN(C(=O)c2ccc(F)cc2F)CC1. The fourth-order valence-electron chi connectivity index (χ4n) is 3.97. The Morgan fingerprint density at radius 2 is 1.79 bits per heavy atom. The van der Waals surface area contributed by atoms with Crippen molar-refractivity contribution in [3.63, 3.8) is 0 Å². The maximum atomic E-state index is 13.8. The van der Waals surface area contributed by atoms with Crippen molar-refractivity contribution in [3.05, 3.63) is 70.3 Å². The molecule has 2 N–H and O–H groups in total. The standard InChI is InChI=1S/C22H23F2N3O2/c23-18-3-4-19(20(24)10-18)22(29)27-7-5-15(6-8-27)21(28)26-11-14-1-2-16-12-25-13-17(16)9-14/h1-4,9-10,15,25H,5-8,11-13H2,(H,26,28). The van der Waals surface area contributed by atoms with Crippen LogP contribution < -0.4 is 10.6 Å². The van der Waals surface area contributed by atoms with E-state index in [4.69, 9.17) is 0 Å². The molecule has 4 rings (SSSR count). The summed E-state index contributed by atoms with van der Waals surface area (Å²) in [5.74, 6) is -2.24. The van der Waals surface area contributed by atoms with Gasteiger partial charge in [0.05, 0.1) is 5.56 Å². The first-order valence-corrected chi connectivity index (χ1v) is 9.84. The van der Waals surface area contributed by atoms with Gasteiger partial charge in [0.25, 0.3) is 5.91 Å². The number of amides is 2. The number of halogens is 2. The highest BCUT2D eigenvalue weighted by Crippen LogP contribution is 2.21. The molecule has 2 amide bonds. The molecule has 0 saturated carbocycles. The summed E-state index contributed by atoms with van der Waals surface area (Å²) >= 11 is 0. The van der Waals surface area contributed by atoms with Crippen LogP contribution in [0.1, 0.15) is 39.9 Å². The lowest BCUT2D eigenvalue weighted by Gasteiger charge is -2.31. The van der Waals surface area contributed by atoms with Crippen molar-refractivity contribution in [3.8, 4) is 0 Å². The Labute approximate surface area is 168 Å². The Kier molecular flexibility index (Phi) is 5.58. The largest absolute Gasteiger partial charge is 0.352 e. The van der Waals surface area contributed by atoms with E-state index in [-0.39, 0.29) is 17.4 Å². The van der Waals surface area contributed by atoms with E-state index >= 15 is 0 Å². The number of carbonyl (C=O) groups excluding carboxylic acids is 2. The monoisotopic (exact) mass is 399 g/mol. The molecule has 2 aliphatic rings. The summed E-state index contributed by atoms with van der Waals surface area (Å²) in [5, 5.41) is 6.29. The van der Waals surface area contributed by atoms with Crippen molar-refractivity contribution in [1.29, 1.82) is 0 Å². The average molecular weight is 399 g/mol. The minimum Gasteiger partial charge on any atom is -0.352 e. The lowest BCUT2D eigenvalue weighted by molar-refractivity contribution is -0.126. The van der Waals surface area contributed by atoms with Crippen molar-refractivity contribution in [2.24, 2.45) is 5.92 Å². The summed E-state index contributed by atoms with van der Waals surface area (Å²) in [6.45, 7) is 2.97. The minimum absolute atomic E-state index is 0.0244. The van der Waals surface area contributed by atoms with Gasteiger partial charge in [0.2, 0.25) is 5.91 Å². The zero-order chi connectivity index (χ0) is 20.4. The lowest BCUT2D eigenvalue weighted by atomic mass is 9.95. The molecule has 7 heteroatoms. The molecule has 0 aliphatic carbocycles. The zero-order valence-electron chi connectivity index (χ0n) is 16.0. The number of rotatable bonds is 4. The van der Waals surface area contributed by atoms with Crippen molar-refractivity contribution in [2.45, 2.75) is 32.5 Å². The molecular weight excluding hydrogens is 376 g/mol. The first-order valence-electron chi connectivity index (χ1n) is 9.84. The fourth-order valence-corrected chi connectivity index (χ4v) is 3.97. The molecule has 2 heterocycles. The third-order valence-electron chi connectivity index (χ3n) is 5.68. The Bertz CT molecular complexity index is 940. The Balaban J connectivity index is 1.28. The van der Waals surface area contributed by atoms with Gasteiger partial charge in [0, 0.05) is 44.7 Å². The van der Waals surface area contributed by atoms with Gasteiger partial charge in [0.15, 0.2) is 0 Å². The van der Waals surface area contributed by atoms with Crippen LogP contribution in [0.25, 0.3) is 0 Å². The van der Waals surface area contributed by atoms with Crippen LogP contribution in [-0.2, 0) is 24.4 Å². The van der Waals surface area contributed by atoms with Gasteiger partial charge in [-0.2, -0.15) is 0 Å². The molecule has 2 aromatic carbocycles. The van der Waals surface area contributed by atoms with Gasteiger partial charge in [0.1, 0.15) is 11.6 Å². The number of hydrogen-bond donors (Lipinski definition) is 2. The summed E-state index contributed by atoms with van der Waals surface area (Å²) in [6.07, 6.45) is 1.04. The molecule has 1 saturated heterocycles. The van der Waals surface area contributed by atoms with Crippen LogP contribution >= 0.6 is 0 Å². The summed E-state index contributed by atoms with van der Waals surface area (Å²) < 4.78 is 26.9. The van der Waals surface area contributed by atoms with Gasteiger partial charge in [-0.15, -0.1) is 0 Å². The van der Waals surface area contributed by atoms with Crippen LogP contribution in [0.2, 0.25) is 0 Å². The number of carbonyl (C=O) groups is 2. The van der Waals surface area contributed by atoms with E-state index in [1.807, 2.05) is 6.07 Å². The average Bonchev–Trinajstić information content (AvgIpc) is 3.19. The van der Waals surface area contributed by atoms with Crippen LogP contribution in [0.15, 0.2) is 36.4 Å². The van der Waals surface area contributed by atoms with Gasteiger partial charge in [-0.1, -0.05) is 18.2 Å². The van der Waals surface area contributed by atoms with Crippen LogP contribution in [0, 0.1) is 17.6 Å². The second-order valence-electron chi connectivity index (χ2n) is 7.62. The second kappa shape index (κ2) is 8.29. The summed E-state index contributed by atoms with van der Waals surface area (Å²) in [4.78, 5) is 26.5. The highest BCUT2D eigenvalue weighted by atomic mass is 19.1. The van der Waals surface area contributed by atoms with E-state index in [9.17, 15) is 18.4 Å². The summed E-state index contributed by atoms with van der Waals surface area (Å²) in [7, 11) is 0. The summed E-state index contributed by atoms with van der Waals surface area (Å²) in [5.41, 5.74) is 3.51. The molecule has 1 fully saturated rings. The predicted octanol–water partition coefficient (Wildman–Crippen LogP) is 2.74. The van der Waals surface area contributed by atoms with E-state index in [1.165, 1.54) is 16.0 Å². The third kappa shape index (κ3) is 4.29. The number of benzene rings is 2. The second-order valence-corrected chi connectivity index (χ2v) is 7.62. The van der Waals surface area contributed by atoms with Crippen molar-refractivity contribution >= 4 is 11.8 Å². The Morgan fingerprint density at radius 3 is 2.55 bits per heavy atom. The normalized spacial score (nSPS) is 16.6. The molecule has 0 aromatic heterocycles. The molecule has 2 aromatic rings. The highest BCUT2D eigenvalue weighted by Gasteiger charge is 2.28. The number of nitrogens with zero attached hydrogens (tertiary/aromatic N) is 1. The Hall–Kier alpha value is -2.80. The quantitative estimate of drug-likeness (QED) is 0.831. The van der Waals surface area contributed by atoms with Gasteiger partial charge < -0.3 is 15.5 Å². The van der Waals surface area contributed by atoms with E-state index < -0.39 is 17.5 Å². The molecule has 0 atom stereocenters. The number of piperidine rings is 1. The van der Waals surface area contributed by atoms with E-state index in [2.05, 4.69) is 22.8 Å². The number of likely N-dealkylation sites (tertiary alicyclic amines) is 1. The Morgan fingerprint density at radius 1 is 1.03 bits per heavy atom. The highest BCUT2D eigenvalue weighted by molar-refractivity contribution is 5.94. The molecular formula is C22H23F2N3O2. The van der Waals surface area contributed by atoms with Gasteiger partial charge in [-0.3, -0.25) is 9.59 Å². The number of fused-ring (bicyclic) bond motifs is 1. The zero-order valence-corrected chi connectivity index (χ0v) is 16.0. The molecule has 0 bridgehead atoms. The molecule has 152 valence electrons. The molecule has 2 aliphatic heterocycles. The van der Waals surface area contributed by atoms with E-state index in [0.29, 0.717) is 38.5 Å². The molecule has 29 heavy (non-hydrogen) atoms. The molecule has 0 unspecified atom stereocenters. The van der Waals surface area contributed by atoms with Crippen molar-refractivity contribution in [1.82, 2.24) is 15.5 Å². The maximum Gasteiger partial charge on any atom is 0.256 e. The number of nitrogens with one attached hydrogen (secondary N) is 2. The van der Waals surface area contributed by atoms with Gasteiger partial charge >= 0.3 is 0 Å². The molecule has 0 spiro atoms. The van der Waals surface area contributed by atoms with E-state index in [1.54, 1.807) is 0 Å². The van der Waals surface area contributed by atoms with Crippen LogP contribution in [0.5, 0.6) is 0 Å². The van der Waals surface area contributed by atoms with Crippen LogP contribution in [0.3, 0.4) is 0 Å². The van der Waals surface area contributed by atoms with Crippen LogP contribution in [-0.4, -0.2) is 29.8 Å². The first kappa shape index (κ1) is 19.5. The molecule has 5 nitrogen and oxygen atoms in total. The molecule has 0 radical (unpaired) electrons. The lowest BCUT2D eigenvalue weighted by Crippen LogP contribution is -2.43. The van der Waals surface area contributed by atoms with E-state index in [0.717, 1.165) is 30.8 Å². The predicted molar refractivity (Wildman–Crippen MR) is 104 cm³/mol. The number of hydrogen-bond acceptors (Lipinski definition) is 3. The minimum atomic E-state index is -0.862. The third-order valence-corrected chi connectivity index (χ3v) is 5.68. The summed E-state index contributed by atoms with van der Waals surface area (Å²) in [6, 6.07) is 9.19. The smallest absolute Gasteiger partial charge is 0.256 e.